The van der Waals surface area contributed by atoms with Gasteiger partial charge in [-0.15, -0.1) is 0 Å². The molecule has 2 N–H and O–H groups in total. The van der Waals surface area contributed by atoms with Crippen LogP contribution in [0.2, 0.25) is 0 Å². The Morgan fingerprint density at radius 3 is 2.77 bits per heavy atom. The van der Waals surface area contributed by atoms with E-state index >= 15 is 0 Å². The molecule has 1 unspecified atom stereocenters. The van der Waals surface area contributed by atoms with Crippen molar-refractivity contribution in [3.63, 3.8) is 0 Å². The zero-order chi connectivity index (χ0) is 21.1. The van der Waals surface area contributed by atoms with Crippen molar-refractivity contribution in [1.82, 2.24) is 15.5 Å². The monoisotopic (exact) mass is 413 g/mol. The van der Waals surface area contributed by atoms with E-state index in [9.17, 15) is 14.4 Å². The Bertz CT molecular complexity index is 825. The zero-order valence-electron chi connectivity index (χ0n) is 17.6. The lowest BCUT2D eigenvalue weighted by Gasteiger charge is -2.29. The number of imide groups is 1. The lowest BCUT2D eigenvalue weighted by molar-refractivity contribution is -0.136. The van der Waals surface area contributed by atoms with Crippen molar-refractivity contribution < 1.29 is 19.1 Å². The Labute approximate surface area is 177 Å². The van der Waals surface area contributed by atoms with Gasteiger partial charge in [0.1, 0.15) is 17.9 Å². The molecule has 0 aromatic heterocycles. The van der Waals surface area contributed by atoms with Gasteiger partial charge < -0.3 is 15.0 Å². The highest BCUT2D eigenvalue weighted by molar-refractivity contribution is 6.05. The summed E-state index contributed by atoms with van der Waals surface area (Å²) < 4.78 is 6.41. The second-order valence-electron chi connectivity index (χ2n) is 8.57. The number of hydrogen-bond donors (Lipinski definition) is 2. The molecule has 2 fully saturated rings. The molecule has 1 saturated heterocycles. The molecule has 0 radical (unpaired) electrons. The number of carbonyl (C=O) groups excluding carboxylic acids is 3. The molecule has 3 atom stereocenters. The fourth-order valence-electron chi connectivity index (χ4n) is 4.78. The maximum Gasteiger partial charge on any atom is 0.255 e. The van der Waals surface area contributed by atoms with Gasteiger partial charge in [0, 0.05) is 24.6 Å². The molecule has 1 aromatic carbocycles. The van der Waals surface area contributed by atoms with E-state index in [1.807, 2.05) is 18.2 Å². The highest BCUT2D eigenvalue weighted by Gasteiger charge is 2.39. The number of ether oxygens (including phenoxy) is 1. The number of hydrogen-bond acceptors (Lipinski definition) is 5. The summed E-state index contributed by atoms with van der Waals surface area (Å²) in [6.45, 7) is 3.54. The van der Waals surface area contributed by atoms with Gasteiger partial charge in [-0.3, -0.25) is 19.7 Å². The number of benzene rings is 1. The van der Waals surface area contributed by atoms with E-state index < -0.39 is 6.04 Å². The fraction of sp³-hybridized carbons (Fsp3) is 0.609. The maximum absolute atomic E-state index is 12.9. The van der Waals surface area contributed by atoms with Gasteiger partial charge in [-0.05, 0) is 62.4 Å². The van der Waals surface area contributed by atoms with Crippen molar-refractivity contribution in [1.29, 1.82) is 0 Å². The first kappa shape index (κ1) is 20.8. The highest BCUT2D eigenvalue weighted by Crippen LogP contribution is 2.31. The summed E-state index contributed by atoms with van der Waals surface area (Å²) in [5, 5.41) is 5.98. The van der Waals surface area contributed by atoms with Crippen LogP contribution >= 0.6 is 0 Å². The summed E-state index contributed by atoms with van der Waals surface area (Å²) >= 11 is 0. The molecule has 3 amide bonds. The zero-order valence-corrected chi connectivity index (χ0v) is 17.6. The average Bonchev–Trinajstić information content (AvgIpc) is 2.89. The Morgan fingerprint density at radius 2 is 1.97 bits per heavy atom. The molecule has 1 aliphatic carbocycles. The highest BCUT2D eigenvalue weighted by atomic mass is 16.5. The molecular weight excluding hydrogens is 382 g/mol. The van der Waals surface area contributed by atoms with E-state index in [-0.39, 0.29) is 30.2 Å². The minimum Gasteiger partial charge on any atom is -0.489 e. The van der Waals surface area contributed by atoms with Gasteiger partial charge in [-0.1, -0.05) is 19.8 Å². The van der Waals surface area contributed by atoms with E-state index in [2.05, 4.69) is 17.6 Å². The van der Waals surface area contributed by atoms with Crippen LogP contribution in [-0.4, -0.2) is 47.4 Å². The predicted molar refractivity (Wildman–Crippen MR) is 112 cm³/mol. The van der Waals surface area contributed by atoms with E-state index in [4.69, 9.17) is 4.74 Å². The number of nitrogens with zero attached hydrogens (tertiary/aromatic N) is 1. The molecule has 1 aromatic rings. The van der Waals surface area contributed by atoms with Gasteiger partial charge in [0.2, 0.25) is 11.8 Å². The third-order valence-electron chi connectivity index (χ3n) is 6.39. The molecule has 0 spiro atoms. The summed E-state index contributed by atoms with van der Waals surface area (Å²) in [7, 11) is 0. The number of rotatable bonds is 6. The van der Waals surface area contributed by atoms with Crippen LogP contribution in [0.3, 0.4) is 0 Å². The largest absolute Gasteiger partial charge is 0.489 e. The van der Waals surface area contributed by atoms with Gasteiger partial charge >= 0.3 is 0 Å². The topological polar surface area (TPSA) is 87.7 Å². The molecular formula is C23H31N3O4. The number of piperidine rings is 1. The van der Waals surface area contributed by atoms with Crippen molar-refractivity contribution in [2.24, 2.45) is 0 Å². The van der Waals surface area contributed by atoms with Crippen LogP contribution in [0, 0.1) is 0 Å². The molecule has 4 rings (SSSR count). The first-order valence-electron chi connectivity index (χ1n) is 11.2. The van der Waals surface area contributed by atoms with Crippen molar-refractivity contribution in [3.05, 3.63) is 29.3 Å². The van der Waals surface area contributed by atoms with Crippen LogP contribution in [0.5, 0.6) is 5.75 Å². The van der Waals surface area contributed by atoms with Crippen molar-refractivity contribution in [2.75, 3.05) is 6.54 Å². The summed E-state index contributed by atoms with van der Waals surface area (Å²) in [5.41, 5.74) is 1.50. The smallest absolute Gasteiger partial charge is 0.255 e. The van der Waals surface area contributed by atoms with Crippen molar-refractivity contribution in [2.45, 2.75) is 83.0 Å². The Balaban J connectivity index is 1.47. The lowest BCUT2D eigenvalue weighted by atomic mass is 10.0. The third kappa shape index (κ3) is 4.36. The Kier molecular flexibility index (Phi) is 6.37. The Morgan fingerprint density at radius 1 is 1.13 bits per heavy atom. The third-order valence-corrected chi connectivity index (χ3v) is 6.39. The molecule has 7 heteroatoms. The normalized spacial score (nSPS) is 26.9. The van der Waals surface area contributed by atoms with Crippen LogP contribution in [0.4, 0.5) is 0 Å². The van der Waals surface area contributed by atoms with Crippen LogP contribution in [0.1, 0.15) is 74.2 Å². The van der Waals surface area contributed by atoms with Crippen molar-refractivity contribution >= 4 is 17.7 Å². The molecule has 3 aliphatic rings. The quantitative estimate of drug-likeness (QED) is 0.553. The van der Waals surface area contributed by atoms with Crippen LogP contribution in [-0.2, 0) is 16.1 Å². The van der Waals surface area contributed by atoms with E-state index in [1.54, 1.807) is 4.90 Å². The maximum atomic E-state index is 12.9. The lowest BCUT2D eigenvalue weighted by Crippen LogP contribution is -2.52. The molecule has 2 aliphatic heterocycles. The van der Waals surface area contributed by atoms with Crippen molar-refractivity contribution in [3.8, 4) is 5.75 Å². The second kappa shape index (κ2) is 9.16. The van der Waals surface area contributed by atoms with Gasteiger partial charge in [-0.25, -0.2) is 0 Å². The van der Waals surface area contributed by atoms with Crippen LogP contribution < -0.4 is 15.4 Å². The van der Waals surface area contributed by atoms with Crippen LogP contribution in [0.15, 0.2) is 18.2 Å². The Hall–Kier alpha value is -2.41. The number of fused-ring (bicyclic) bond motifs is 1. The molecule has 162 valence electrons. The minimum atomic E-state index is -0.587. The van der Waals surface area contributed by atoms with E-state index in [1.165, 1.54) is 19.3 Å². The number of amides is 3. The van der Waals surface area contributed by atoms with E-state index in [0.29, 0.717) is 24.6 Å². The SMILES string of the molecule is CCCN[C@H]1CCCCC[C@H]1Oc1ccc2c(c1)CN(C1CCC(=O)NC1=O)C2=O. The molecule has 30 heavy (non-hydrogen) atoms. The molecule has 0 bridgehead atoms. The van der Waals surface area contributed by atoms with Crippen LogP contribution in [0.25, 0.3) is 0 Å². The van der Waals surface area contributed by atoms with Gasteiger partial charge in [0.05, 0.1) is 0 Å². The summed E-state index contributed by atoms with van der Waals surface area (Å²) in [6.07, 6.45) is 7.64. The van der Waals surface area contributed by atoms with Gasteiger partial charge in [0.15, 0.2) is 0 Å². The average molecular weight is 414 g/mol. The summed E-state index contributed by atoms with van der Waals surface area (Å²) in [4.78, 5) is 38.1. The van der Waals surface area contributed by atoms with E-state index in [0.717, 1.165) is 37.1 Å². The molecule has 7 nitrogen and oxygen atoms in total. The predicted octanol–water partition coefficient (Wildman–Crippen LogP) is 2.53. The first-order chi connectivity index (χ1) is 14.6. The standard InChI is InChI=1S/C23H31N3O4/c1-2-12-24-18-6-4-3-5-7-20(18)30-16-8-9-17-15(13-16)14-26(23(17)29)19-10-11-21(27)25-22(19)28/h8-9,13,18-20,24H,2-7,10-12,14H2,1H3,(H,25,27,28)/t18-,19?,20+/m0/s1. The van der Waals surface area contributed by atoms with Gasteiger partial charge in [-0.2, -0.15) is 0 Å². The van der Waals surface area contributed by atoms with Gasteiger partial charge in [0.25, 0.3) is 5.91 Å². The molecule has 2 heterocycles. The minimum absolute atomic E-state index is 0.125. The summed E-state index contributed by atoms with van der Waals surface area (Å²) in [5.74, 6) is -0.0252. The molecule has 1 saturated carbocycles. The fourth-order valence-corrected chi connectivity index (χ4v) is 4.78. The summed E-state index contributed by atoms with van der Waals surface area (Å²) in [6, 6.07) is 5.39. The number of nitrogens with one attached hydrogen (secondary N) is 2. The first-order valence-corrected chi connectivity index (χ1v) is 11.2. The number of carbonyl (C=O) groups is 3. The second-order valence-corrected chi connectivity index (χ2v) is 8.57.